The molecule has 0 bridgehead atoms. The number of hydrogen-bond donors (Lipinski definition) is 3. The number of aliphatic hydroxyl groups excluding tert-OH is 1. The zero-order valence-corrected chi connectivity index (χ0v) is 21.2. The molecule has 0 saturated carbocycles. The summed E-state index contributed by atoms with van der Waals surface area (Å²) < 4.78 is 0. The molecule has 2 aliphatic heterocycles. The maximum absolute atomic E-state index is 10.7. The number of carboxylic acid groups (broad SMARTS) is 2. The average molecular weight is 514 g/mol. The van der Waals surface area contributed by atoms with Crippen LogP contribution in [0.15, 0.2) is 47.8 Å². The lowest BCUT2D eigenvalue weighted by atomic mass is 9.99. The number of β-amino-alcohol motifs (C(OH)–C–C–N with tert-alkyl or cyclic N) is 1. The van der Waals surface area contributed by atoms with Gasteiger partial charge in [-0.1, -0.05) is 30.7 Å². The number of carbonyl (C=O) groups is 2. The molecule has 3 N–H and O–H groups in total. The first-order chi connectivity index (χ1) is 17.6. The highest BCUT2D eigenvalue weighted by atomic mass is 32.1. The molecule has 0 unspecified atom stereocenters. The molecule has 8 nitrogen and oxygen atoms in total. The lowest BCUT2D eigenvalue weighted by Gasteiger charge is -2.25. The molecule has 2 aromatic heterocycles. The number of aromatic nitrogens is 1. The molecule has 2 saturated heterocycles. The van der Waals surface area contributed by atoms with E-state index in [9.17, 15) is 5.11 Å². The number of fused-ring (bicyclic) bond motifs is 1. The van der Waals surface area contributed by atoms with Crippen molar-refractivity contribution in [1.29, 1.82) is 0 Å². The van der Waals surface area contributed by atoms with Crippen molar-refractivity contribution >= 4 is 35.2 Å². The van der Waals surface area contributed by atoms with Crippen LogP contribution in [0.2, 0.25) is 0 Å². The second-order valence-electron chi connectivity index (χ2n) is 9.19. The highest BCUT2D eigenvalue weighted by Gasteiger charge is 2.31. The minimum absolute atomic E-state index is 0.250. The summed E-state index contributed by atoms with van der Waals surface area (Å²) in [5, 5.41) is 27.9. The second kappa shape index (κ2) is 14.6. The molecule has 2 fully saturated rings. The maximum Gasteiger partial charge on any atom is 0.290 e. The number of aliphatic hydroxyl groups is 1. The van der Waals surface area contributed by atoms with Gasteiger partial charge in [0.1, 0.15) is 0 Å². The maximum atomic E-state index is 10.7. The molecule has 0 spiro atoms. The van der Waals surface area contributed by atoms with Gasteiger partial charge in [-0.2, -0.15) is 0 Å². The first-order valence-electron chi connectivity index (χ1n) is 12.3. The van der Waals surface area contributed by atoms with Gasteiger partial charge in [0, 0.05) is 48.1 Å². The summed E-state index contributed by atoms with van der Waals surface area (Å²) in [5.74, 6) is 0.256. The van der Waals surface area contributed by atoms with Crippen LogP contribution >= 0.6 is 11.3 Å². The summed E-state index contributed by atoms with van der Waals surface area (Å²) in [6, 6.07) is 14.9. The molecular weight excluding hydrogens is 478 g/mol. The Labute approximate surface area is 215 Å². The van der Waals surface area contributed by atoms with Gasteiger partial charge in [-0.05, 0) is 61.5 Å². The van der Waals surface area contributed by atoms with E-state index < -0.39 is 0 Å². The van der Waals surface area contributed by atoms with E-state index in [0.29, 0.717) is 0 Å². The van der Waals surface area contributed by atoms with Gasteiger partial charge >= 0.3 is 0 Å². The minimum Gasteiger partial charge on any atom is -0.483 e. The molecule has 3 aromatic rings. The molecule has 1 aromatic carbocycles. The summed E-state index contributed by atoms with van der Waals surface area (Å²) in [4.78, 5) is 27.9. The van der Waals surface area contributed by atoms with Gasteiger partial charge in [-0.25, -0.2) is 0 Å². The SMILES string of the molecule is O=CO.O=CO.O[C@@H]1CN(Cc2cc(CN3CCCCC3)cs2)C[C@H]1Cc1ccc2ccccc2n1. The van der Waals surface area contributed by atoms with E-state index >= 15 is 0 Å². The molecule has 194 valence electrons. The smallest absolute Gasteiger partial charge is 0.290 e. The van der Waals surface area contributed by atoms with E-state index in [1.54, 1.807) is 0 Å². The topological polar surface area (TPSA) is 114 Å². The summed E-state index contributed by atoms with van der Waals surface area (Å²) in [7, 11) is 0. The van der Waals surface area contributed by atoms with Gasteiger partial charge < -0.3 is 15.3 Å². The first kappa shape index (κ1) is 27.7. The van der Waals surface area contributed by atoms with E-state index in [-0.39, 0.29) is 25.0 Å². The van der Waals surface area contributed by atoms with Gasteiger partial charge in [0.15, 0.2) is 0 Å². The average Bonchev–Trinajstić information content (AvgIpc) is 3.46. The molecule has 2 atom stereocenters. The zero-order valence-electron chi connectivity index (χ0n) is 20.4. The van der Waals surface area contributed by atoms with Gasteiger partial charge in [-0.3, -0.25) is 24.4 Å². The van der Waals surface area contributed by atoms with Gasteiger partial charge in [0.2, 0.25) is 0 Å². The van der Waals surface area contributed by atoms with Crippen molar-refractivity contribution in [2.45, 2.75) is 44.9 Å². The van der Waals surface area contributed by atoms with Gasteiger partial charge in [0.25, 0.3) is 12.9 Å². The molecule has 0 aliphatic carbocycles. The fourth-order valence-corrected chi connectivity index (χ4v) is 5.87. The predicted molar refractivity (Wildman–Crippen MR) is 141 cm³/mol. The quantitative estimate of drug-likeness (QED) is 0.428. The third-order valence-corrected chi connectivity index (χ3v) is 7.52. The third-order valence-electron chi connectivity index (χ3n) is 6.55. The van der Waals surface area contributed by atoms with E-state index in [1.165, 1.54) is 48.2 Å². The highest BCUT2D eigenvalue weighted by Crippen LogP contribution is 2.26. The third kappa shape index (κ3) is 8.37. The number of likely N-dealkylation sites (tertiary alicyclic amines) is 2. The zero-order chi connectivity index (χ0) is 25.8. The molecule has 36 heavy (non-hydrogen) atoms. The van der Waals surface area contributed by atoms with Crippen molar-refractivity contribution in [3.63, 3.8) is 0 Å². The van der Waals surface area contributed by atoms with Crippen LogP contribution in [0, 0.1) is 5.92 Å². The first-order valence-corrected chi connectivity index (χ1v) is 13.1. The molecule has 5 rings (SSSR count). The molecule has 4 heterocycles. The Morgan fingerprint density at radius 3 is 2.42 bits per heavy atom. The number of thiophene rings is 1. The molecule has 9 heteroatoms. The standard InChI is InChI=1S/C25H31N3OS.2CH2O2/c29-25-17-28(16-23-12-19(18-30-23)14-27-10-4-1-5-11-27)15-21(25)13-22-9-8-20-6-2-3-7-24(20)26-22;2*2-1-3/h2-3,6-9,12,18,21,25,29H,1,4-5,10-11,13-17H2;2*1H,(H,2,3)/t21-,25-;;/m1../s1. The van der Waals surface area contributed by atoms with E-state index in [1.807, 2.05) is 23.5 Å². The van der Waals surface area contributed by atoms with Crippen molar-refractivity contribution in [3.8, 4) is 0 Å². The Bertz CT molecular complexity index is 1080. The second-order valence-corrected chi connectivity index (χ2v) is 10.2. The Hall–Kier alpha value is -2.85. The molecule has 2 aliphatic rings. The summed E-state index contributed by atoms with van der Waals surface area (Å²) in [5.41, 5.74) is 3.58. The highest BCUT2D eigenvalue weighted by molar-refractivity contribution is 7.10. The fourth-order valence-electron chi connectivity index (χ4n) is 4.95. The van der Waals surface area contributed by atoms with Crippen molar-refractivity contribution in [2.75, 3.05) is 26.2 Å². The van der Waals surface area contributed by atoms with Crippen LogP contribution in [0.3, 0.4) is 0 Å². The van der Waals surface area contributed by atoms with E-state index in [0.717, 1.165) is 43.8 Å². The number of para-hydroxylation sites is 1. The van der Waals surface area contributed by atoms with Crippen LogP contribution in [-0.4, -0.2) is 75.3 Å². The Balaban J connectivity index is 0.000000550. The minimum atomic E-state index is -0.272. The lowest BCUT2D eigenvalue weighted by molar-refractivity contribution is -0.123. The Morgan fingerprint density at radius 1 is 0.944 bits per heavy atom. The molecular formula is C27H35N3O5S. The predicted octanol–water partition coefficient (Wildman–Crippen LogP) is 3.72. The molecule has 0 radical (unpaired) electrons. The van der Waals surface area contributed by atoms with Crippen molar-refractivity contribution < 1.29 is 24.9 Å². The lowest BCUT2D eigenvalue weighted by Crippen LogP contribution is -2.28. The number of pyridine rings is 1. The summed E-state index contributed by atoms with van der Waals surface area (Å²) in [6.07, 6.45) is 4.64. The van der Waals surface area contributed by atoms with Crippen LogP contribution in [0.1, 0.15) is 35.4 Å². The number of rotatable bonds is 6. The molecule has 0 amide bonds. The van der Waals surface area contributed by atoms with Crippen LogP contribution in [-0.2, 0) is 29.1 Å². The van der Waals surface area contributed by atoms with E-state index in [2.05, 4.69) is 45.5 Å². The number of nitrogens with zero attached hydrogens (tertiary/aromatic N) is 3. The van der Waals surface area contributed by atoms with Crippen LogP contribution < -0.4 is 0 Å². The fraction of sp³-hybridized carbons (Fsp3) is 0.444. The van der Waals surface area contributed by atoms with Gasteiger partial charge in [-0.15, -0.1) is 11.3 Å². The normalized spacial score (nSPS) is 20.1. The largest absolute Gasteiger partial charge is 0.483 e. The van der Waals surface area contributed by atoms with E-state index in [4.69, 9.17) is 24.8 Å². The number of hydrogen-bond acceptors (Lipinski definition) is 7. The summed E-state index contributed by atoms with van der Waals surface area (Å²) >= 11 is 1.87. The van der Waals surface area contributed by atoms with Crippen LogP contribution in [0.25, 0.3) is 10.9 Å². The Kier molecular flexibility index (Phi) is 11.3. The van der Waals surface area contributed by atoms with Crippen molar-refractivity contribution in [1.82, 2.24) is 14.8 Å². The van der Waals surface area contributed by atoms with Gasteiger partial charge in [0.05, 0.1) is 11.6 Å². The number of piperidine rings is 1. The van der Waals surface area contributed by atoms with Crippen LogP contribution in [0.4, 0.5) is 0 Å². The van der Waals surface area contributed by atoms with Crippen LogP contribution in [0.5, 0.6) is 0 Å². The van der Waals surface area contributed by atoms with Crippen molar-refractivity contribution in [3.05, 3.63) is 64.0 Å². The Morgan fingerprint density at radius 2 is 1.67 bits per heavy atom. The van der Waals surface area contributed by atoms with Crippen molar-refractivity contribution in [2.24, 2.45) is 5.92 Å². The summed E-state index contributed by atoms with van der Waals surface area (Å²) in [6.45, 7) is 5.73. The number of benzene rings is 1. The monoisotopic (exact) mass is 513 g/mol.